The van der Waals surface area contributed by atoms with Crippen molar-refractivity contribution in [1.82, 2.24) is 14.9 Å². The zero-order valence-electron chi connectivity index (χ0n) is 17.4. The highest BCUT2D eigenvalue weighted by molar-refractivity contribution is 14.2. The zero-order chi connectivity index (χ0) is 22.8. The Kier molecular flexibility index (Phi) is 11.5. The lowest BCUT2D eigenvalue weighted by atomic mass is 10.1. The molecule has 0 saturated heterocycles. The maximum Gasteiger partial charge on any atom is 0.347 e. The van der Waals surface area contributed by atoms with Crippen LogP contribution in [0.25, 0.3) is 0 Å². The van der Waals surface area contributed by atoms with Crippen LogP contribution in [0, 0.1) is 6.92 Å². The van der Waals surface area contributed by atoms with E-state index in [1.807, 2.05) is 52.4 Å². The van der Waals surface area contributed by atoms with E-state index in [2.05, 4.69) is 32.7 Å². The minimum absolute atomic E-state index is 0.0337. The molecular formula is C21H27IN3O3S3-. The van der Waals surface area contributed by atoms with Crippen LogP contribution in [0.4, 0.5) is 0 Å². The molecule has 2 N–H and O–H groups in total. The largest absolute Gasteiger partial charge is 0.396 e. The van der Waals surface area contributed by atoms with Crippen molar-refractivity contribution in [2.45, 2.75) is 58.5 Å². The number of fused-ring (bicyclic) bond motifs is 1. The number of rotatable bonds is 8. The van der Waals surface area contributed by atoms with Crippen LogP contribution in [0.2, 0.25) is 0 Å². The van der Waals surface area contributed by atoms with Gasteiger partial charge >= 0.3 is 5.69 Å². The number of halogens is 1. The van der Waals surface area contributed by atoms with Gasteiger partial charge in [-0.3, -0.25) is 14.5 Å². The summed E-state index contributed by atoms with van der Waals surface area (Å²) >= 11 is 10.9. The number of aliphatic hydroxyl groups is 1. The van der Waals surface area contributed by atoms with E-state index in [1.165, 1.54) is 5.56 Å². The van der Waals surface area contributed by atoms with E-state index >= 15 is 0 Å². The molecule has 0 saturated carbocycles. The highest BCUT2D eigenvalue weighted by Crippen LogP contribution is 2.23. The van der Waals surface area contributed by atoms with Crippen LogP contribution in [-0.4, -0.2) is 27.2 Å². The minimum atomic E-state index is -0.265. The van der Waals surface area contributed by atoms with Crippen molar-refractivity contribution in [1.29, 1.82) is 0 Å². The second-order valence-corrected chi connectivity index (χ2v) is 16.6. The molecule has 0 bridgehead atoms. The Bertz CT molecular complexity index is 1010. The normalized spacial score (nSPS) is 12.3. The standard InChI is InChI=1S/C21H27N3O3.IS3/c1-15-6-8-16(9-7-15)14-22-20(26)11-10-18-17-4-2-5-19(17)24(12-3-13-25)21(27)23-18;1-4(2)3/h6-9,25H,2-5,10-14H2,1H3,(H,22,26);/q;-1. The summed E-state index contributed by atoms with van der Waals surface area (Å²) in [7, 11) is 0. The second kappa shape index (κ2) is 13.6. The predicted octanol–water partition coefficient (Wildman–Crippen LogP) is 2.55. The molecule has 3 rings (SSSR count). The first-order valence-corrected chi connectivity index (χ1v) is 15.7. The number of hydrogen-bond acceptors (Lipinski definition) is 7. The first kappa shape index (κ1) is 26.3. The molecule has 1 aromatic heterocycles. The van der Waals surface area contributed by atoms with E-state index in [-0.39, 0.29) is 23.4 Å². The van der Waals surface area contributed by atoms with Gasteiger partial charge in [-0.2, -0.15) is 4.98 Å². The fraction of sp³-hybridized carbons (Fsp3) is 0.476. The number of aromatic nitrogens is 2. The van der Waals surface area contributed by atoms with Crippen LogP contribution in [0.3, 0.4) is 0 Å². The summed E-state index contributed by atoms with van der Waals surface area (Å²) < 4.78 is 1.69. The summed E-state index contributed by atoms with van der Waals surface area (Å²) in [6.07, 6.45) is 4.14. The van der Waals surface area contributed by atoms with Gasteiger partial charge in [0.05, 0.1) is 5.69 Å². The van der Waals surface area contributed by atoms with Gasteiger partial charge in [0.2, 0.25) is 5.91 Å². The van der Waals surface area contributed by atoms with Gasteiger partial charge in [0.25, 0.3) is 0 Å². The summed E-state index contributed by atoms with van der Waals surface area (Å²) in [5.74, 6) is -0.0337. The van der Waals surface area contributed by atoms with Gasteiger partial charge in [-0.25, -0.2) is 48.4 Å². The number of benzene rings is 1. The second-order valence-electron chi connectivity index (χ2n) is 7.31. The Morgan fingerprint density at radius 1 is 1.29 bits per heavy atom. The van der Waals surface area contributed by atoms with E-state index in [9.17, 15) is 9.59 Å². The molecule has 0 radical (unpaired) electrons. The van der Waals surface area contributed by atoms with Crippen molar-refractivity contribution in [3.63, 3.8) is 0 Å². The van der Waals surface area contributed by atoms with Gasteiger partial charge in [0, 0.05) is 31.8 Å². The maximum atomic E-state index is 12.4. The van der Waals surface area contributed by atoms with Gasteiger partial charge in [0.15, 0.2) is 0 Å². The maximum absolute atomic E-state index is 12.4. The third-order valence-corrected chi connectivity index (χ3v) is 5.06. The molecule has 0 atom stereocenters. The Balaban J connectivity index is 0.000000785. The number of amides is 1. The molecule has 0 aliphatic heterocycles. The minimum Gasteiger partial charge on any atom is -0.396 e. The van der Waals surface area contributed by atoms with Crippen LogP contribution in [0.1, 0.15) is 47.3 Å². The highest BCUT2D eigenvalue weighted by atomic mass is 127. The molecule has 1 aromatic carbocycles. The van der Waals surface area contributed by atoms with Crippen LogP contribution >= 0.6 is 21.2 Å². The lowest BCUT2D eigenvalue weighted by Gasteiger charge is -2.14. The third-order valence-electron chi connectivity index (χ3n) is 5.06. The average Bonchev–Trinajstić information content (AvgIpc) is 3.20. The summed E-state index contributed by atoms with van der Waals surface area (Å²) in [5.41, 5.74) is 4.92. The Morgan fingerprint density at radius 2 is 1.97 bits per heavy atom. The summed E-state index contributed by atoms with van der Waals surface area (Å²) in [4.78, 5) is 28.8. The Morgan fingerprint density at radius 3 is 2.61 bits per heavy atom. The zero-order valence-corrected chi connectivity index (χ0v) is 22.0. The van der Waals surface area contributed by atoms with Crippen LogP contribution in [-0.2, 0) is 64.7 Å². The molecule has 31 heavy (non-hydrogen) atoms. The van der Waals surface area contributed by atoms with E-state index in [1.54, 1.807) is 4.57 Å². The van der Waals surface area contributed by atoms with Crippen molar-refractivity contribution in [3.05, 3.63) is 62.8 Å². The molecule has 1 aliphatic rings. The number of aliphatic hydroxyl groups excluding tert-OH is 1. The summed E-state index contributed by atoms with van der Waals surface area (Å²) in [5, 5.41) is 11.7. The lowest BCUT2D eigenvalue weighted by molar-refractivity contribution is -0.121. The topological polar surface area (TPSA) is 84.2 Å². The van der Waals surface area contributed by atoms with Crippen molar-refractivity contribution in [3.8, 4) is 0 Å². The molecule has 1 aliphatic carbocycles. The first-order valence-electron chi connectivity index (χ1n) is 10.1. The first-order chi connectivity index (χ1) is 14.8. The monoisotopic (exact) mass is 592 g/mol. The molecule has 10 heteroatoms. The van der Waals surface area contributed by atoms with Crippen molar-refractivity contribution < 1.29 is 9.90 Å². The fourth-order valence-corrected chi connectivity index (χ4v) is 3.59. The van der Waals surface area contributed by atoms with E-state index in [0.717, 1.165) is 41.8 Å². The van der Waals surface area contributed by atoms with Crippen molar-refractivity contribution >= 4 is 54.7 Å². The smallest absolute Gasteiger partial charge is 0.347 e. The van der Waals surface area contributed by atoms with Gasteiger partial charge in [-0.1, -0.05) is 29.8 Å². The molecule has 0 fully saturated rings. The highest BCUT2D eigenvalue weighted by Gasteiger charge is 2.21. The predicted molar refractivity (Wildman–Crippen MR) is 140 cm³/mol. The fourth-order valence-electron chi connectivity index (χ4n) is 3.59. The molecule has 6 nitrogen and oxygen atoms in total. The Labute approximate surface area is 206 Å². The van der Waals surface area contributed by atoms with Gasteiger partial charge in [0.1, 0.15) is 0 Å². The molecule has 1 amide bonds. The summed E-state index contributed by atoms with van der Waals surface area (Å²) in [6.45, 7) is 3.10. The molecule has 0 unspecified atom stereocenters. The molecule has 170 valence electrons. The number of nitrogens with zero attached hydrogens (tertiary/aromatic N) is 2. The van der Waals surface area contributed by atoms with Crippen molar-refractivity contribution in [2.75, 3.05) is 6.61 Å². The average molecular weight is 593 g/mol. The van der Waals surface area contributed by atoms with Crippen LogP contribution < -0.4 is 11.0 Å². The van der Waals surface area contributed by atoms with E-state index in [0.29, 0.717) is 32.4 Å². The number of nitrogens with one attached hydrogen (secondary N) is 1. The van der Waals surface area contributed by atoms with Crippen LogP contribution in [0.15, 0.2) is 29.1 Å². The lowest BCUT2D eigenvalue weighted by Crippen LogP contribution is -2.29. The van der Waals surface area contributed by atoms with Crippen molar-refractivity contribution in [2.24, 2.45) is 0 Å². The van der Waals surface area contributed by atoms with E-state index in [4.69, 9.17) is 5.11 Å². The molecule has 1 heterocycles. The van der Waals surface area contributed by atoms with Gasteiger partial charge < -0.3 is 10.4 Å². The van der Waals surface area contributed by atoms with Gasteiger partial charge in [-0.15, -0.1) is 0 Å². The quantitative estimate of drug-likeness (QED) is 0.279. The number of aryl methyl sites for hydroxylation is 2. The SMILES string of the molecule is Cc1ccc(CNC(=O)CCc2nc(=O)n(CCCO)c3c2CCC3)cc1.S=[S-](=S)I. The third kappa shape index (κ3) is 8.83. The summed E-state index contributed by atoms with van der Waals surface area (Å²) in [6, 6.07) is 8.08. The molecular weight excluding hydrogens is 565 g/mol. The van der Waals surface area contributed by atoms with Gasteiger partial charge in [-0.05, 0) is 50.2 Å². The number of hydrogen-bond donors (Lipinski definition) is 2. The molecule has 2 aromatic rings. The van der Waals surface area contributed by atoms with Crippen LogP contribution in [0.5, 0.6) is 0 Å². The number of carbonyl (C=O) groups excluding carboxylic acids is 1. The molecule has 0 spiro atoms. The number of carbonyl (C=O) groups is 1. The van der Waals surface area contributed by atoms with E-state index < -0.39 is 0 Å². The Hall–Kier alpha value is -0.950.